The number of pyridine rings is 2. The van der Waals surface area contributed by atoms with Gasteiger partial charge in [-0.1, -0.05) is 6.07 Å². The average molecular weight is 477 g/mol. The number of rotatable bonds is 8. The van der Waals surface area contributed by atoms with E-state index in [1.54, 1.807) is 41.0 Å². The molecular weight excluding hydrogens is 448 g/mol. The Morgan fingerprint density at radius 1 is 1.23 bits per heavy atom. The van der Waals surface area contributed by atoms with Crippen molar-refractivity contribution in [3.05, 3.63) is 87.2 Å². The second-order valence-corrected chi connectivity index (χ2v) is 8.39. The summed E-state index contributed by atoms with van der Waals surface area (Å²) in [6, 6.07) is 7.05. The molecule has 0 saturated heterocycles. The van der Waals surface area contributed by atoms with Crippen molar-refractivity contribution in [2.24, 2.45) is 0 Å². The number of methoxy groups -OCH3 is 1. The van der Waals surface area contributed by atoms with Gasteiger partial charge in [0.2, 0.25) is 0 Å². The van der Waals surface area contributed by atoms with Crippen molar-refractivity contribution in [1.29, 1.82) is 0 Å². The molecule has 1 atom stereocenters. The molecule has 4 aromatic rings. The lowest BCUT2D eigenvalue weighted by Gasteiger charge is -2.21. The number of imidazole rings is 1. The van der Waals surface area contributed by atoms with Crippen LogP contribution in [0.3, 0.4) is 0 Å². The molecule has 0 radical (unpaired) electrons. The van der Waals surface area contributed by atoms with E-state index in [-0.39, 0.29) is 23.3 Å². The minimum atomic E-state index is -0.758. The van der Waals surface area contributed by atoms with Gasteiger partial charge in [0.1, 0.15) is 5.75 Å². The van der Waals surface area contributed by atoms with Gasteiger partial charge < -0.3 is 19.4 Å². The fraction of sp³-hybridized carbons (Fsp3) is 0.320. The summed E-state index contributed by atoms with van der Waals surface area (Å²) in [6.45, 7) is 5.82. The van der Waals surface area contributed by atoms with Crippen molar-refractivity contribution in [2.45, 2.75) is 46.1 Å². The Hall–Kier alpha value is -4.21. The largest absolute Gasteiger partial charge is 0.507 e. The van der Waals surface area contributed by atoms with Crippen LogP contribution in [0.25, 0.3) is 5.82 Å². The minimum absolute atomic E-state index is 0.126. The highest BCUT2D eigenvalue weighted by atomic mass is 16.5. The normalized spacial score (nSPS) is 12.0. The maximum Gasteiger partial charge on any atom is 0.306 e. The van der Waals surface area contributed by atoms with Crippen LogP contribution in [0.4, 0.5) is 0 Å². The number of hydrogen-bond donors (Lipinski definition) is 2. The summed E-state index contributed by atoms with van der Waals surface area (Å²) in [5.74, 6) is -0.806. The van der Waals surface area contributed by atoms with Crippen molar-refractivity contribution < 1.29 is 14.6 Å². The van der Waals surface area contributed by atoms with E-state index in [9.17, 15) is 14.7 Å². The first-order valence-electron chi connectivity index (χ1n) is 11.3. The minimum Gasteiger partial charge on any atom is -0.507 e. The zero-order valence-corrected chi connectivity index (χ0v) is 20.1. The molecule has 4 heterocycles. The first-order chi connectivity index (χ1) is 16.8. The molecule has 10 heteroatoms. The van der Waals surface area contributed by atoms with Gasteiger partial charge in [0.05, 0.1) is 31.1 Å². The molecule has 182 valence electrons. The number of nitrogens with zero attached hydrogens (tertiary/aromatic N) is 5. The number of aromatic amines is 1. The predicted molar refractivity (Wildman–Crippen MR) is 129 cm³/mol. The fourth-order valence-corrected chi connectivity index (χ4v) is 4.49. The quantitative estimate of drug-likeness (QED) is 0.374. The van der Waals surface area contributed by atoms with Gasteiger partial charge in [-0.2, -0.15) is 5.10 Å². The number of nitrogens with one attached hydrogen (secondary N) is 1. The van der Waals surface area contributed by atoms with Crippen LogP contribution >= 0.6 is 0 Å². The number of aromatic hydroxyl groups is 1. The molecule has 0 aliphatic heterocycles. The molecule has 4 aromatic heterocycles. The van der Waals surface area contributed by atoms with E-state index in [1.807, 2.05) is 32.0 Å². The highest BCUT2D eigenvalue weighted by Crippen LogP contribution is 2.36. The SMILES string of the molecule is COC(=O)CC(c1c(C)nn(-c2ccccn2)c1C)c1c(O)cc(C)n(CCc2cnc[nH]2)c1=O. The van der Waals surface area contributed by atoms with Crippen LogP contribution in [0.1, 0.15) is 46.2 Å². The summed E-state index contributed by atoms with van der Waals surface area (Å²) in [6.07, 6.45) is 5.40. The molecular formula is C25H28N6O4. The van der Waals surface area contributed by atoms with Gasteiger partial charge in [-0.05, 0) is 39.0 Å². The standard InChI is InChI=1S/C25H28N6O4/c1-15-11-20(32)24(25(34)30(15)10-8-18-13-26-14-28-18)19(12-22(33)35-4)23-16(2)29-31(17(23)3)21-7-5-6-9-27-21/h5-7,9,11,13-14,19,32H,8,10,12H2,1-4H3,(H,26,28). The van der Waals surface area contributed by atoms with Gasteiger partial charge in [-0.3, -0.25) is 9.59 Å². The smallest absolute Gasteiger partial charge is 0.306 e. The number of esters is 1. The summed E-state index contributed by atoms with van der Waals surface area (Å²) >= 11 is 0. The summed E-state index contributed by atoms with van der Waals surface area (Å²) in [5, 5.41) is 15.6. The highest BCUT2D eigenvalue weighted by Gasteiger charge is 2.31. The van der Waals surface area contributed by atoms with Crippen LogP contribution in [-0.4, -0.2) is 47.5 Å². The first-order valence-corrected chi connectivity index (χ1v) is 11.3. The topological polar surface area (TPSA) is 128 Å². The molecule has 0 spiro atoms. The Kier molecular flexibility index (Phi) is 6.81. The van der Waals surface area contributed by atoms with E-state index in [4.69, 9.17) is 4.74 Å². The summed E-state index contributed by atoms with van der Waals surface area (Å²) in [5.41, 5.74) is 3.31. The summed E-state index contributed by atoms with van der Waals surface area (Å²) in [4.78, 5) is 37.6. The first kappa shape index (κ1) is 23.9. The van der Waals surface area contributed by atoms with E-state index in [1.165, 1.54) is 7.11 Å². The lowest BCUT2D eigenvalue weighted by Crippen LogP contribution is -2.29. The van der Waals surface area contributed by atoms with Gasteiger partial charge >= 0.3 is 5.97 Å². The molecule has 0 fully saturated rings. The van der Waals surface area contributed by atoms with Gasteiger partial charge in [0.25, 0.3) is 5.56 Å². The maximum atomic E-state index is 13.7. The molecule has 0 aliphatic rings. The summed E-state index contributed by atoms with van der Waals surface area (Å²) in [7, 11) is 1.30. The Morgan fingerprint density at radius 3 is 2.69 bits per heavy atom. The van der Waals surface area contributed by atoms with Crippen molar-refractivity contribution in [2.75, 3.05) is 7.11 Å². The summed E-state index contributed by atoms with van der Waals surface area (Å²) < 4.78 is 8.23. The molecule has 4 rings (SSSR count). The predicted octanol–water partition coefficient (Wildman–Crippen LogP) is 2.72. The molecule has 35 heavy (non-hydrogen) atoms. The average Bonchev–Trinajstić information content (AvgIpc) is 3.46. The molecule has 0 amide bonds. The molecule has 0 aliphatic carbocycles. The molecule has 0 aromatic carbocycles. The molecule has 0 saturated carbocycles. The second-order valence-electron chi connectivity index (χ2n) is 8.39. The van der Waals surface area contributed by atoms with Gasteiger partial charge in [-0.25, -0.2) is 14.6 Å². The van der Waals surface area contributed by atoms with Crippen LogP contribution in [0, 0.1) is 20.8 Å². The Labute approximate surface area is 202 Å². The van der Waals surface area contributed by atoms with E-state index >= 15 is 0 Å². The van der Waals surface area contributed by atoms with E-state index in [0.717, 1.165) is 11.4 Å². The van der Waals surface area contributed by atoms with Crippen LogP contribution in [-0.2, 0) is 22.5 Å². The third-order valence-corrected chi connectivity index (χ3v) is 6.19. The molecule has 1 unspecified atom stereocenters. The fourth-order valence-electron chi connectivity index (χ4n) is 4.49. The van der Waals surface area contributed by atoms with Crippen molar-refractivity contribution in [3.8, 4) is 11.6 Å². The van der Waals surface area contributed by atoms with Gasteiger partial charge in [-0.15, -0.1) is 0 Å². The number of hydrogen-bond acceptors (Lipinski definition) is 7. The lowest BCUT2D eigenvalue weighted by atomic mass is 9.87. The van der Waals surface area contributed by atoms with Crippen LogP contribution in [0.15, 0.2) is 47.8 Å². The zero-order chi connectivity index (χ0) is 25.1. The van der Waals surface area contributed by atoms with Gasteiger partial charge in [0.15, 0.2) is 5.82 Å². The van der Waals surface area contributed by atoms with Crippen LogP contribution in [0.5, 0.6) is 5.75 Å². The molecule has 0 bridgehead atoms. The Bertz CT molecular complexity index is 1390. The Morgan fingerprint density at radius 2 is 2.03 bits per heavy atom. The maximum absolute atomic E-state index is 13.7. The number of H-pyrrole nitrogens is 1. The van der Waals surface area contributed by atoms with E-state index in [0.29, 0.717) is 35.7 Å². The van der Waals surface area contributed by atoms with E-state index in [2.05, 4.69) is 20.1 Å². The van der Waals surface area contributed by atoms with Crippen molar-refractivity contribution in [3.63, 3.8) is 0 Å². The van der Waals surface area contributed by atoms with Gasteiger partial charge in [0, 0.05) is 53.9 Å². The Balaban J connectivity index is 1.85. The third kappa shape index (κ3) is 4.72. The number of carbonyl (C=O) groups is 1. The van der Waals surface area contributed by atoms with Crippen LogP contribution < -0.4 is 5.56 Å². The lowest BCUT2D eigenvalue weighted by molar-refractivity contribution is -0.140. The van der Waals surface area contributed by atoms with Crippen molar-refractivity contribution >= 4 is 5.97 Å². The number of ether oxygens (including phenoxy) is 1. The second kappa shape index (κ2) is 9.96. The van der Waals surface area contributed by atoms with Crippen molar-refractivity contribution in [1.82, 2.24) is 29.3 Å². The highest BCUT2D eigenvalue weighted by molar-refractivity contribution is 5.72. The number of aryl methyl sites for hydroxylation is 3. The number of aromatic nitrogens is 6. The van der Waals surface area contributed by atoms with Crippen LogP contribution in [0.2, 0.25) is 0 Å². The third-order valence-electron chi connectivity index (χ3n) is 6.19. The van der Waals surface area contributed by atoms with E-state index < -0.39 is 11.9 Å². The molecule has 2 N–H and O–H groups in total. The molecule has 10 nitrogen and oxygen atoms in total. The number of carbonyl (C=O) groups excluding carboxylic acids is 1. The monoisotopic (exact) mass is 476 g/mol. The zero-order valence-electron chi connectivity index (χ0n) is 20.1.